The molecule has 0 spiro atoms. The smallest absolute Gasteiger partial charge is 0.407 e. The molecule has 0 aliphatic rings. The lowest BCUT2D eigenvalue weighted by Gasteiger charge is -2.34. The molecule has 2 unspecified atom stereocenters. The minimum Gasteiger partial charge on any atom is -0.453 e. The molecule has 0 saturated carbocycles. The van der Waals surface area contributed by atoms with Gasteiger partial charge >= 0.3 is 6.09 Å². The largest absolute Gasteiger partial charge is 0.453 e. The lowest BCUT2D eigenvalue weighted by Crippen LogP contribution is -2.58. The number of benzene rings is 2. The van der Waals surface area contributed by atoms with Crippen molar-refractivity contribution in [1.29, 1.82) is 0 Å². The van der Waals surface area contributed by atoms with E-state index < -0.39 is 35.6 Å². The molecule has 3 atom stereocenters. The Morgan fingerprint density at radius 3 is 2.09 bits per heavy atom. The van der Waals surface area contributed by atoms with Crippen molar-refractivity contribution >= 4 is 12.0 Å². The lowest BCUT2D eigenvalue weighted by molar-refractivity contribution is -0.131. The summed E-state index contributed by atoms with van der Waals surface area (Å²) in [5, 5.41) is 15.0. The van der Waals surface area contributed by atoms with Crippen LogP contribution in [-0.4, -0.2) is 54.0 Å². The van der Waals surface area contributed by atoms with Gasteiger partial charge in [0, 0.05) is 19.1 Å². The number of carbonyl (C=O) groups excluding carboxylic acids is 2. The van der Waals surface area contributed by atoms with E-state index in [0.29, 0.717) is 13.0 Å². The first kappa shape index (κ1) is 26.3. The third kappa shape index (κ3) is 8.84. The van der Waals surface area contributed by atoms with Gasteiger partial charge in [-0.3, -0.25) is 10.2 Å². The van der Waals surface area contributed by atoms with Crippen molar-refractivity contribution in [2.24, 2.45) is 11.1 Å². The molecule has 0 radical (unpaired) electrons. The highest BCUT2D eigenvalue weighted by atomic mass is 16.5. The first-order chi connectivity index (χ1) is 15.6. The molecule has 2 amide bonds. The first-order valence-corrected chi connectivity index (χ1v) is 11.0. The van der Waals surface area contributed by atoms with Crippen molar-refractivity contribution in [1.82, 2.24) is 15.8 Å². The van der Waals surface area contributed by atoms with Gasteiger partial charge < -0.3 is 20.9 Å². The number of carbonyl (C=O) groups is 2. The maximum Gasteiger partial charge on any atom is 0.407 e. The summed E-state index contributed by atoms with van der Waals surface area (Å²) < 4.78 is 4.68. The number of methoxy groups -OCH3 is 1. The molecule has 0 saturated heterocycles. The van der Waals surface area contributed by atoms with Crippen LogP contribution in [0.3, 0.4) is 0 Å². The Kier molecular flexibility index (Phi) is 9.84. The summed E-state index contributed by atoms with van der Waals surface area (Å²) in [5.74, 6) is -0.410. The number of ether oxygens (including phenoxy) is 1. The zero-order chi connectivity index (χ0) is 24.4. The number of hydrogen-bond acceptors (Lipinski definition) is 6. The Labute approximate surface area is 196 Å². The summed E-state index contributed by atoms with van der Waals surface area (Å²) in [7, 11) is 1.25. The normalized spacial score (nSPS) is 14.3. The maximum atomic E-state index is 13.1. The van der Waals surface area contributed by atoms with E-state index in [-0.39, 0.29) is 6.54 Å². The number of nitrogens with one attached hydrogen (secondary N) is 2. The number of amides is 2. The molecular formula is C25H36N4O4. The topological polar surface area (TPSA) is 117 Å². The maximum absolute atomic E-state index is 13.1. The first-order valence-electron chi connectivity index (χ1n) is 11.0. The number of rotatable bonds is 10. The molecule has 8 heteroatoms. The van der Waals surface area contributed by atoms with Gasteiger partial charge in [0.2, 0.25) is 0 Å². The van der Waals surface area contributed by atoms with E-state index in [0.717, 1.165) is 11.1 Å². The number of hydrazine groups is 1. The van der Waals surface area contributed by atoms with Crippen LogP contribution in [0.15, 0.2) is 60.7 Å². The second kappa shape index (κ2) is 12.3. The van der Waals surface area contributed by atoms with Gasteiger partial charge in [0.05, 0.1) is 13.2 Å². The van der Waals surface area contributed by atoms with Crippen LogP contribution in [-0.2, 0) is 22.5 Å². The van der Waals surface area contributed by atoms with Gasteiger partial charge in [-0.15, -0.1) is 0 Å². The van der Waals surface area contributed by atoms with E-state index >= 15 is 0 Å². The van der Waals surface area contributed by atoms with Gasteiger partial charge in [0.25, 0.3) is 5.91 Å². The fraction of sp³-hybridized carbons (Fsp3) is 0.440. The third-order valence-electron chi connectivity index (χ3n) is 5.28. The van der Waals surface area contributed by atoms with E-state index in [2.05, 4.69) is 15.5 Å². The summed E-state index contributed by atoms with van der Waals surface area (Å²) in [6.45, 7) is 6.01. The van der Waals surface area contributed by atoms with Crippen LogP contribution < -0.4 is 16.5 Å². The molecule has 5 N–H and O–H groups in total. The zero-order valence-electron chi connectivity index (χ0n) is 19.8. The predicted octanol–water partition coefficient (Wildman–Crippen LogP) is 2.22. The highest BCUT2D eigenvalue weighted by molar-refractivity contribution is 5.86. The molecule has 180 valence electrons. The molecule has 2 aromatic carbocycles. The van der Waals surface area contributed by atoms with Crippen LogP contribution in [0, 0.1) is 5.41 Å². The van der Waals surface area contributed by atoms with Gasteiger partial charge in [-0.1, -0.05) is 81.4 Å². The van der Waals surface area contributed by atoms with Gasteiger partial charge in [-0.05, 0) is 23.0 Å². The highest BCUT2D eigenvalue weighted by Crippen LogP contribution is 2.20. The molecule has 0 aromatic heterocycles. The Balaban J connectivity index is 2.15. The van der Waals surface area contributed by atoms with Crippen molar-refractivity contribution < 1.29 is 19.4 Å². The summed E-state index contributed by atoms with van der Waals surface area (Å²) in [4.78, 5) is 25.0. The van der Waals surface area contributed by atoms with Crippen molar-refractivity contribution in [2.75, 3.05) is 13.7 Å². The molecule has 2 rings (SSSR count). The lowest BCUT2D eigenvalue weighted by atomic mass is 9.86. The van der Waals surface area contributed by atoms with Crippen LogP contribution in [0.25, 0.3) is 0 Å². The second-order valence-electron chi connectivity index (χ2n) is 9.20. The molecule has 2 aromatic rings. The average Bonchev–Trinajstić information content (AvgIpc) is 2.77. The van der Waals surface area contributed by atoms with Crippen LogP contribution in [0.1, 0.15) is 31.9 Å². The number of aliphatic hydroxyl groups is 1. The monoisotopic (exact) mass is 456 g/mol. The fourth-order valence-electron chi connectivity index (χ4n) is 3.41. The summed E-state index contributed by atoms with van der Waals surface area (Å²) >= 11 is 0. The van der Waals surface area contributed by atoms with E-state index in [4.69, 9.17) is 5.73 Å². The second-order valence-corrected chi connectivity index (χ2v) is 9.20. The minimum absolute atomic E-state index is 0.115. The molecule has 0 aliphatic carbocycles. The van der Waals surface area contributed by atoms with Gasteiger partial charge in [0.15, 0.2) is 0 Å². The standard InChI is InChI=1S/C25H36N4O4/c1-25(2,3)22(27-24(32)33-4)23(31)28-29(16-19-13-9-6-10-14-19)17-21(30)20(26)15-18-11-7-5-8-12-18/h5-14,20-22,30H,15-17,26H2,1-4H3,(H,27,32)(H,28,31)/t20?,21?,22-/m1/s1. The molecule has 0 aliphatic heterocycles. The Bertz CT molecular complexity index is 871. The molecule has 0 bridgehead atoms. The molecule has 0 heterocycles. The number of nitrogens with zero attached hydrogens (tertiary/aromatic N) is 1. The van der Waals surface area contributed by atoms with Crippen molar-refractivity contribution in [3.63, 3.8) is 0 Å². The van der Waals surface area contributed by atoms with Crippen LogP contribution >= 0.6 is 0 Å². The van der Waals surface area contributed by atoms with E-state index in [1.807, 2.05) is 81.4 Å². The van der Waals surface area contributed by atoms with Gasteiger partial charge in [0.1, 0.15) is 6.04 Å². The van der Waals surface area contributed by atoms with Crippen molar-refractivity contribution in [3.8, 4) is 0 Å². The van der Waals surface area contributed by atoms with Gasteiger partial charge in [-0.2, -0.15) is 0 Å². The van der Waals surface area contributed by atoms with Crippen LogP contribution in [0.5, 0.6) is 0 Å². The Hall–Kier alpha value is -2.94. The third-order valence-corrected chi connectivity index (χ3v) is 5.28. The quantitative estimate of drug-likeness (QED) is 0.407. The summed E-state index contributed by atoms with van der Waals surface area (Å²) in [6, 6.07) is 17.9. The molecule has 0 fully saturated rings. The van der Waals surface area contributed by atoms with Crippen LogP contribution in [0.2, 0.25) is 0 Å². The number of alkyl carbamates (subject to hydrolysis) is 1. The van der Waals surface area contributed by atoms with Crippen molar-refractivity contribution in [2.45, 2.75) is 51.9 Å². The van der Waals surface area contributed by atoms with E-state index in [1.165, 1.54) is 7.11 Å². The highest BCUT2D eigenvalue weighted by Gasteiger charge is 2.34. The van der Waals surface area contributed by atoms with E-state index in [9.17, 15) is 14.7 Å². The summed E-state index contributed by atoms with van der Waals surface area (Å²) in [6.07, 6.45) is -1.08. The minimum atomic E-state index is -0.893. The fourth-order valence-corrected chi connectivity index (χ4v) is 3.41. The SMILES string of the molecule is COC(=O)N[C@H](C(=O)NN(Cc1ccccc1)CC(O)C(N)Cc1ccccc1)C(C)(C)C. The number of hydrogen-bond donors (Lipinski definition) is 4. The predicted molar refractivity (Wildman–Crippen MR) is 128 cm³/mol. The van der Waals surface area contributed by atoms with Crippen LogP contribution in [0.4, 0.5) is 4.79 Å². The Morgan fingerprint density at radius 2 is 1.58 bits per heavy atom. The Morgan fingerprint density at radius 1 is 1.03 bits per heavy atom. The molecular weight excluding hydrogens is 420 g/mol. The molecule has 33 heavy (non-hydrogen) atoms. The molecule has 8 nitrogen and oxygen atoms in total. The zero-order valence-corrected chi connectivity index (χ0v) is 19.8. The number of nitrogens with two attached hydrogens (primary N) is 1. The summed E-state index contributed by atoms with van der Waals surface area (Å²) in [5.41, 5.74) is 10.5. The average molecular weight is 457 g/mol. The van der Waals surface area contributed by atoms with E-state index in [1.54, 1.807) is 5.01 Å². The van der Waals surface area contributed by atoms with Gasteiger partial charge in [-0.25, -0.2) is 9.80 Å². The van der Waals surface area contributed by atoms with Crippen molar-refractivity contribution in [3.05, 3.63) is 71.8 Å². The number of aliphatic hydroxyl groups excluding tert-OH is 1.